The zero-order chi connectivity index (χ0) is 18.3. The minimum atomic E-state index is -0.117. The van der Waals surface area contributed by atoms with Crippen LogP contribution < -0.4 is 0 Å². The van der Waals surface area contributed by atoms with Crippen molar-refractivity contribution in [3.63, 3.8) is 0 Å². The second kappa shape index (κ2) is 6.31. The summed E-state index contributed by atoms with van der Waals surface area (Å²) in [6, 6.07) is 4.31. The molecule has 0 spiro atoms. The number of pyridine rings is 1. The van der Waals surface area contributed by atoms with Gasteiger partial charge in [-0.25, -0.2) is 0 Å². The van der Waals surface area contributed by atoms with Crippen LogP contribution in [0, 0.1) is 28.6 Å². The van der Waals surface area contributed by atoms with Crippen molar-refractivity contribution < 1.29 is 4.79 Å². The van der Waals surface area contributed by atoms with Crippen molar-refractivity contribution in [2.75, 3.05) is 13.1 Å². The number of aromatic nitrogens is 2. The SMILES string of the molecule is C[C@@H]1CCN(C(=O)CC#N)C[C@@H]1n1cc(C#N)c2cnc3c(c21)C=CC3. The molecule has 1 aliphatic carbocycles. The smallest absolute Gasteiger partial charge is 0.236 e. The van der Waals surface area contributed by atoms with E-state index in [2.05, 4.69) is 34.7 Å². The quantitative estimate of drug-likeness (QED) is 0.837. The van der Waals surface area contributed by atoms with Crippen LogP contribution >= 0.6 is 0 Å². The third kappa shape index (κ3) is 2.46. The fraction of sp³-hybridized carbons (Fsp3) is 0.400. The summed E-state index contributed by atoms with van der Waals surface area (Å²) in [5.74, 6) is 0.255. The van der Waals surface area contributed by atoms with Crippen molar-refractivity contribution in [1.29, 1.82) is 10.5 Å². The van der Waals surface area contributed by atoms with Crippen LogP contribution in [0.1, 0.15) is 42.6 Å². The third-order valence-electron chi connectivity index (χ3n) is 5.56. The van der Waals surface area contributed by atoms with Gasteiger partial charge in [-0.15, -0.1) is 0 Å². The van der Waals surface area contributed by atoms with Gasteiger partial charge < -0.3 is 9.47 Å². The Balaban J connectivity index is 1.82. The second-order valence-electron chi connectivity index (χ2n) is 7.06. The number of fused-ring (bicyclic) bond motifs is 3. The van der Waals surface area contributed by atoms with E-state index in [1.54, 1.807) is 11.1 Å². The van der Waals surface area contributed by atoms with E-state index >= 15 is 0 Å². The minimum absolute atomic E-state index is 0.0801. The molecule has 0 radical (unpaired) electrons. The number of carbonyl (C=O) groups excluding carboxylic acids is 1. The number of piperidine rings is 1. The van der Waals surface area contributed by atoms with Crippen LogP contribution in [-0.4, -0.2) is 33.4 Å². The normalized spacial score (nSPS) is 21.4. The fourth-order valence-corrected chi connectivity index (χ4v) is 4.10. The van der Waals surface area contributed by atoms with Gasteiger partial charge in [-0.3, -0.25) is 9.78 Å². The zero-order valence-electron chi connectivity index (χ0n) is 14.6. The maximum atomic E-state index is 12.2. The number of allylic oxidation sites excluding steroid dienone is 1. The first-order valence-corrected chi connectivity index (χ1v) is 8.87. The molecule has 6 heteroatoms. The predicted molar refractivity (Wildman–Crippen MR) is 96.8 cm³/mol. The lowest BCUT2D eigenvalue weighted by Crippen LogP contribution is -2.43. The minimum Gasteiger partial charge on any atom is -0.340 e. The molecule has 2 atom stereocenters. The second-order valence-corrected chi connectivity index (χ2v) is 7.06. The van der Waals surface area contributed by atoms with Gasteiger partial charge >= 0.3 is 0 Å². The Hall–Kier alpha value is -3.12. The van der Waals surface area contributed by atoms with Crippen LogP contribution in [0.4, 0.5) is 0 Å². The Kier molecular flexibility index (Phi) is 3.97. The van der Waals surface area contributed by atoms with Crippen LogP contribution in [0.5, 0.6) is 0 Å². The monoisotopic (exact) mass is 345 g/mol. The average molecular weight is 345 g/mol. The Morgan fingerprint density at radius 3 is 3.04 bits per heavy atom. The van der Waals surface area contributed by atoms with E-state index in [4.69, 9.17) is 5.26 Å². The topological polar surface area (TPSA) is 85.7 Å². The molecule has 130 valence electrons. The summed E-state index contributed by atoms with van der Waals surface area (Å²) in [5, 5.41) is 19.3. The number of nitrogens with zero attached hydrogens (tertiary/aromatic N) is 5. The Morgan fingerprint density at radius 2 is 2.27 bits per heavy atom. The molecule has 3 heterocycles. The van der Waals surface area contributed by atoms with E-state index in [1.807, 2.05) is 12.3 Å². The van der Waals surface area contributed by atoms with Gasteiger partial charge in [0.2, 0.25) is 5.91 Å². The van der Waals surface area contributed by atoms with E-state index in [9.17, 15) is 10.1 Å². The molecule has 0 bridgehead atoms. The van der Waals surface area contributed by atoms with Gasteiger partial charge in [0.25, 0.3) is 0 Å². The fourth-order valence-electron chi connectivity index (χ4n) is 4.10. The maximum Gasteiger partial charge on any atom is 0.236 e. The average Bonchev–Trinajstić information content (AvgIpc) is 3.26. The first kappa shape index (κ1) is 16.4. The van der Waals surface area contributed by atoms with Crippen LogP contribution in [-0.2, 0) is 11.2 Å². The van der Waals surface area contributed by atoms with E-state index in [0.29, 0.717) is 24.6 Å². The van der Waals surface area contributed by atoms with Gasteiger partial charge in [0.1, 0.15) is 12.5 Å². The lowest BCUT2D eigenvalue weighted by Gasteiger charge is -2.38. The molecule has 1 amide bonds. The molecule has 6 nitrogen and oxygen atoms in total. The van der Waals surface area contributed by atoms with E-state index in [-0.39, 0.29) is 18.4 Å². The van der Waals surface area contributed by atoms with Crippen LogP contribution in [0.3, 0.4) is 0 Å². The number of carbonyl (C=O) groups is 1. The van der Waals surface area contributed by atoms with Gasteiger partial charge in [-0.1, -0.05) is 19.1 Å². The Bertz CT molecular complexity index is 1000. The summed E-state index contributed by atoms with van der Waals surface area (Å²) in [4.78, 5) is 18.5. The summed E-state index contributed by atoms with van der Waals surface area (Å²) in [6.45, 7) is 3.44. The molecule has 0 unspecified atom stereocenters. The largest absolute Gasteiger partial charge is 0.340 e. The van der Waals surface area contributed by atoms with Crippen molar-refractivity contribution in [2.24, 2.45) is 5.92 Å². The molecule has 26 heavy (non-hydrogen) atoms. The van der Waals surface area contributed by atoms with Gasteiger partial charge in [-0.05, 0) is 12.3 Å². The standard InChI is InChI=1S/C20H19N5O/c1-13-6-8-24(19(26)5-7-21)12-18(13)25-11-14(9-22)16-10-23-17-4-2-3-15(17)20(16)25/h2-3,10-11,13,18H,4-6,8,12H2,1H3/t13-,18+/m1/s1. The van der Waals surface area contributed by atoms with Gasteiger partial charge in [0, 0.05) is 42.9 Å². The molecule has 0 aromatic carbocycles. The van der Waals surface area contributed by atoms with Crippen molar-refractivity contribution >= 4 is 22.9 Å². The summed E-state index contributed by atoms with van der Waals surface area (Å²) in [6.07, 6.45) is 9.47. The number of rotatable bonds is 2. The van der Waals surface area contributed by atoms with Gasteiger partial charge in [0.15, 0.2) is 0 Å². The number of likely N-dealkylation sites (tertiary alicyclic amines) is 1. The van der Waals surface area contributed by atoms with Crippen molar-refractivity contribution in [3.05, 3.63) is 35.3 Å². The molecule has 0 saturated carbocycles. The molecule has 2 aromatic rings. The van der Waals surface area contributed by atoms with E-state index in [0.717, 1.165) is 35.0 Å². The lowest BCUT2D eigenvalue weighted by molar-refractivity contribution is -0.132. The predicted octanol–water partition coefficient (Wildman–Crippen LogP) is 2.80. The summed E-state index contributed by atoms with van der Waals surface area (Å²) in [5.41, 5.74) is 3.76. The highest BCUT2D eigenvalue weighted by Gasteiger charge is 2.32. The van der Waals surface area contributed by atoms with Gasteiger partial charge in [-0.2, -0.15) is 10.5 Å². The molecule has 1 aliphatic heterocycles. The Labute approximate surface area is 152 Å². The van der Waals surface area contributed by atoms with Crippen molar-refractivity contribution in [1.82, 2.24) is 14.5 Å². The molecule has 1 fully saturated rings. The maximum absolute atomic E-state index is 12.2. The lowest BCUT2D eigenvalue weighted by atomic mass is 9.92. The highest BCUT2D eigenvalue weighted by atomic mass is 16.2. The molecule has 0 N–H and O–H groups in total. The highest BCUT2D eigenvalue weighted by molar-refractivity contribution is 5.94. The van der Waals surface area contributed by atoms with Crippen molar-refractivity contribution in [2.45, 2.75) is 32.2 Å². The van der Waals surface area contributed by atoms with E-state index < -0.39 is 0 Å². The zero-order valence-corrected chi connectivity index (χ0v) is 14.6. The number of amides is 1. The molecular weight excluding hydrogens is 326 g/mol. The molecule has 2 aliphatic rings. The summed E-state index contributed by atoms with van der Waals surface area (Å²) < 4.78 is 2.17. The van der Waals surface area contributed by atoms with Crippen LogP contribution in [0.25, 0.3) is 17.0 Å². The molecule has 1 saturated heterocycles. The van der Waals surface area contributed by atoms with Crippen LogP contribution in [0.2, 0.25) is 0 Å². The highest BCUT2D eigenvalue weighted by Crippen LogP contribution is 2.36. The summed E-state index contributed by atoms with van der Waals surface area (Å²) >= 11 is 0. The third-order valence-corrected chi connectivity index (χ3v) is 5.56. The number of nitriles is 2. The molecule has 2 aromatic heterocycles. The number of hydrogen-bond acceptors (Lipinski definition) is 4. The van der Waals surface area contributed by atoms with E-state index in [1.165, 1.54) is 0 Å². The molecule has 4 rings (SSSR count). The first-order valence-electron chi connectivity index (χ1n) is 8.87. The van der Waals surface area contributed by atoms with Crippen LogP contribution in [0.15, 0.2) is 18.5 Å². The molecular formula is C20H19N5O. The van der Waals surface area contributed by atoms with Gasteiger partial charge in [0.05, 0.1) is 28.9 Å². The van der Waals surface area contributed by atoms with Crippen molar-refractivity contribution in [3.8, 4) is 12.1 Å². The Morgan fingerprint density at radius 1 is 1.42 bits per heavy atom. The number of hydrogen-bond donors (Lipinski definition) is 0. The first-order chi connectivity index (χ1) is 12.6. The summed E-state index contributed by atoms with van der Waals surface area (Å²) in [7, 11) is 0.